The van der Waals surface area contributed by atoms with E-state index in [9.17, 15) is 0 Å². The molecule has 44 heavy (non-hydrogen) atoms. The monoisotopic (exact) mass is 584 g/mol. The Kier molecular flexibility index (Phi) is 10.9. The fourth-order valence-electron chi connectivity index (χ4n) is 4.29. The van der Waals surface area contributed by atoms with Gasteiger partial charge in [-0.05, 0) is 121 Å². The first-order valence-corrected chi connectivity index (χ1v) is 14.7. The largest absolute Gasteiger partial charge is 0.494 e. The summed E-state index contributed by atoms with van der Waals surface area (Å²) >= 11 is 0. The molecule has 5 aromatic rings. The summed E-state index contributed by atoms with van der Waals surface area (Å²) in [6.07, 6.45) is 1.66. The fraction of sp³-hybridized carbons (Fsp3) is 0.167. The smallest absolute Gasteiger partial charge is 0.119 e. The van der Waals surface area contributed by atoms with Crippen LogP contribution in [-0.4, -0.2) is 26.3 Å². The lowest BCUT2D eigenvalue weighted by Gasteiger charge is -2.06. The van der Waals surface area contributed by atoms with Crippen molar-refractivity contribution in [2.45, 2.75) is 12.8 Å². The van der Waals surface area contributed by atoms with E-state index in [0.717, 1.165) is 69.3 Å². The third kappa shape index (κ3) is 8.91. The van der Waals surface area contributed by atoms with Crippen LogP contribution in [0.15, 0.2) is 142 Å². The molecular formula is C36H36N6O2. The van der Waals surface area contributed by atoms with Crippen LogP contribution in [0.3, 0.4) is 0 Å². The molecule has 0 aliphatic carbocycles. The van der Waals surface area contributed by atoms with Crippen LogP contribution >= 0.6 is 0 Å². The first kappa shape index (κ1) is 30.3. The molecule has 0 aliphatic heterocycles. The van der Waals surface area contributed by atoms with Gasteiger partial charge < -0.3 is 20.9 Å². The average Bonchev–Trinajstić information content (AvgIpc) is 3.08. The number of nitrogens with two attached hydrogens (primary N) is 2. The first-order valence-electron chi connectivity index (χ1n) is 14.7. The van der Waals surface area contributed by atoms with E-state index in [2.05, 4.69) is 69.0 Å². The van der Waals surface area contributed by atoms with Gasteiger partial charge in [-0.3, -0.25) is 0 Å². The second-order valence-corrected chi connectivity index (χ2v) is 10.0. The topological polar surface area (TPSA) is 120 Å². The summed E-state index contributed by atoms with van der Waals surface area (Å²) in [7, 11) is 0. The minimum Gasteiger partial charge on any atom is -0.494 e. The molecule has 4 N–H and O–H groups in total. The molecule has 5 aromatic carbocycles. The van der Waals surface area contributed by atoms with Crippen LogP contribution in [0.2, 0.25) is 0 Å². The van der Waals surface area contributed by atoms with Crippen molar-refractivity contribution in [3.63, 3.8) is 0 Å². The lowest BCUT2D eigenvalue weighted by molar-refractivity contribution is 0.313. The van der Waals surface area contributed by atoms with Gasteiger partial charge in [0.1, 0.15) is 11.5 Å². The number of benzene rings is 5. The fourth-order valence-corrected chi connectivity index (χ4v) is 4.29. The molecule has 0 fully saturated rings. The molecule has 222 valence electrons. The van der Waals surface area contributed by atoms with E-state index in [1.54, 1.807) is 0 Å². The van der Waals surface area contributed by atoms with Crippen molar-refractivity contribution in [1.29, 1.82) is 0 Å². The lowest BCUT2D eigenvalue weighted by Crippen LogP contribution is -2.05. The van der Waals surface area contributed by atoms with E-state index in [1.807, 2.05) is 72.8 Å². The van der Waals surface area contributed by atoms with Gasteiger partial charge in [-0.15, -0.1) is 0 Å². The number of rotatable bonds is 14. The Morgan fingerprint density at radius 1 is 0.364 bits per heavy atom. The van der Waals surface area contributed by atoms with Crippen LogP contribution in [0.1, 0.15) is 12.8 Å². The summed E-state index contributed by atoms with van der Waals surface area (Å²) in [5, 5.41) is 17.4. The summed E-state index contributed by atoms with van der Waals surface area (Å²) in [4.78, 5) is 0. The maximum Gasteiger partial charge on any atom is 0.119 e. The maximum absolute atomic E-state index is 5.63. The van der Waals surface area contributed by atoms with Crippen molar-refractivity contribution in [1.82, 2.24) is 0 Å². The van der Waals surface area contributed by atoms with Gasteiger partial charge >= 0.3 is 0 Å². The van der Waals surface area contributed by atoms with Crippen LogP contribution in [0.25, 0.3) is 22.3 Å². The van der Waals surface area contributed by atoms with Crippen molar-refractivity contribution in [3.05, 3.63) is 121 Å². The van der Waals surface area contributed by atoms with Crippen LogP contribution in [-0.2, 0) is 0 Å². The molecule has 8 nitrogen and oxygen atoms in total. The molecule has 0 saturated heterocycles. The van der Waals surface area contributed by atoms with Crippen molar-refractivity contribution >= 4 is 22.7 Å². The van der Waals surface area contributed by atoms with E-state index >= 15 is 0 Å². The number of nitrogens with zero attached hydrogens (tertiary/aromatic N) is 4. The van der Waals surface area contributed by atoms with Crippen LogP contribution in [0, 0.1) is 0 Å². The summed E-state index contributed by atoms with van der Waals surface area (Å²) in [6, 6.07) is 39.7. The van der Waals surface area contributed by atoms with E-state index < -0.39 is 0 Å². The van der Waals surface area contributed by atoms with Gasteiger partial charge in [-0.1, -0.05) is 48.5 Å². The molecule has 0 radical (unpaired) electrons. The second kappa shape index (κ2) is 15.9. The predicted octanol–water partition coefficient (Wildman–Crippen LogP) is 9.31. The van der Waals surface area contributed by atoms with E-state index in [4.69, 9.17) is 20.9 Å². The van der Waals surface area contributed by atoms with Crippen molar-refractivity contribution in [2.75, 3.05) is 26.3 Å². The second-order valence-electron chi connectivity index (χ2n) is 10.0. The Morgan fingerprint density at radius 2 is 0.614 bits per heavy atom. The van der Waals surface area contributed by atoms with Gasteiger partial charge in [-0.25, -0.2) is 0 Å². The molecule has 8 heteroatoms. The molecule has 0 bridgehead atoms. The molecule has 0 heterocycles. The van der Waals surface area contributed by atoms with Gasteiger partial charge in [0, 0.05) is 0 Å². The summed E-state index contributed by atoms with van der Waals surface area (Å²) in [5.74, 6) is 1.60. The SMILES string of the molecule is NCCCOc1ccc(/N=N/c2ccc(-c3ccc(-c4ccc(/N=N/c5ccc(OCCCN)cc5)cc4)cc3)cc2)cc1. The Morgan fingerprint density at radius 3 is 0.886 bits per heavy atom. The Balaban J connectivity index is 1.14. The zero-order valence-electron chi connectivity index (χ0n) is 24.5. The predicted molar refractivity (Wildman–Crippen MR) is 177 cm³/mol. The van der Waals surface area contributed by atoms with Crippen molar-refractivity contribution in [3.8, 4) is 33.8 Å². The highest BCUT2D eigenvalue weighted by molar-refractivity contribution is 5.71. The van der Waals surface area contributed by atoms with E-state index in [-0.39, 0.29) is 0 Å². The quantitative estimate of drug-likeness (QED) is 0.0998. The van der Waals surface area contributed by atoms with Gasteiger partial charge in [0.2, 0.25) is 0 Å². The Hall–Kier alpha value is -5.18. The zero-order valence-corrected chi connectivity index (χ0v) is 24.5. The van der Waals surface area contributed by atoms with Gasteiger partial charge in [0.25, 0.3) is 0 Å². The van der Waals surface area contributed by atoms with Gasteiger partial charge in [0.05, 0.1) is 36.0 Å². The lowest BCUT2D eigenvalue weighted by atomic mass is 10.00. The minimum atomic E-state index is 0.609. The molecule has 0 unspecified atom stereocenters. The molecule has 5 rings (SSSR count). The Bertz CT molecular complexity index is 1510. The summed E-state index contributed by atoms with van der Waals surface area (Å²) in [5.41, 5.74) is 18.6. The average molecular weight is 585 g/mol. The summed E-state index contributed by atoms with van der Waals surface area (Å²) in [6.45, 7) is 2.45. The maximum atomic E-state index is 5.63. The number of ether oxygens (including phenoxy) is 2. The zero-order chi connectivity index (χ0) is 30.4. The van der Waals surface area contributed by atoms with Crippen molar-refractivity contribution in [2.24, 2.45) is 31.9 Å². The summed E-state index contributed by atoms with van der Waals surface area (Å²) < 4.78 is 11.3. The number of azo groups is 2. The molecule has 0 aromatic heterocycles. The highest BCUT2D eigenvalue weighted by Crippen LogP contribution is 2.29. The molecule has 0 aliphatic rings. The molecular weight excluding hydrogens is 548 g/mol. The highest BCUT2D eigenvalue weighted by Gasteiger charge is 2.03. The first-order chi connectivity index (χ1) is 21.7. The molecule has 0 saturated carbocycles. The minimum absolute atomic E-state index is 0.609. The number of hydrogen-bond donors (Lipinski definition) is 2. The Labute approximate surface area is 258 Å². The third-order valence-corrected chi connectivity index (χ3v) is 6.76. The van der Waals surface area contributed by atoms with E-state index in [0.29, 0.717) is 26.3 Å². The van der Waals surface area contributed by atoms with Gasteiger partial charge in [0.15, 0.2) is 0 Å². The van der Waals surface area contributed by atoms with Crippen LogP contribution < -0.4 is 20.9 Å². The molecule has 0 spiro atoms. The number of hydrogen-bond acceptors (Lipinski definition) is 8. The molecule has 0 atom stereocenters. The van der Waals surface area contributed by atoms with Crippen LogP contribution in [0.4, 0.5) is 22.7 Å². The molecule has 0 amide bonds. The normalized spacial score (nSPS) is 11.3. The van der Waals surface area contributed by atoms with Crippen LogP contribution in [0.5, 0.6) is 11.5 Å². The van der Waals surface area contributed by atoms with E-state index in [1.165, 1.54) is 0 Å². The van der Waals surface area contributed by atoms with Crippen molar-refractivity contribution < 1.29 is 9.47 Å². The third-order valence-electron chi connectivity index (χ3n) is 6.76. The standard InChI is InChI=1S/C36H36N6O2/c37-23-1-25-43-35-19-15-33(16-20-35)41-39-31-11-7-29(8-12-31)27-3-5-28(6-4-27)30-9-13-32(14-10-30)40-42-34-17-21-36(22-18-34)44-26-2-24-38/h3-22H,1-2,23-26,37-38H2/b41-39+,42-40+. The van der Waals surface area contributed by atoms with Gasteiger partial charge in [-0.2, -0.15) is 20.5 Å². The highest BCUT2D eigenvalue weighted by atomic mass is 16.5.